The maximum atomic E-state index is 12.4. The second kappa shape index (κ2) is 9.45. The number of carbonyl (C=O) groups is 1. The zero-order chi connectivity index (χ0) is 25.2. The number of anilines is 1. The molecule has 0 saturated carbocycles. The van der Waals surface area contributed by atoms with Crippen molar-refractivity contribution >= 4 is 11.6 Å². The summed E-state index contributed by atoms with van der Waals surface area (Å²) < 4.78 is 48.8. The van der Waals surface area contributed by atoms with Gasteiger partial charge in [-0.3, -0.25) is 9.36 Å². The van der Waals surface area contributed by atoms with E-state index in [0.717, 1.165) is 23.5 Å². The van der Waals surface area contributed by atoms with Crippen LogP contribution >= 0.6 is 0 Å². The number of alkyl halides is 3. The fraction of sp³-hybridized carbons (Fsp3) is 0.167. The van der Waals surface area contributed by atoms with E-state index in [-0.39, 0.29) is 5.56 Å². The Kier molecular flexibility index (Phi) is 6.41. The van der Waals surface area contributed by atoms with Crippen LogP contribution in [0, 0.1) is 20.8 Å². The van der Waals surface area contributed by atoms with Crippen LogP contribution in [0.25, 0.3) is 5.82 Å². The molecule has 1 N–H and O–H groups in total. The SMILES string of the molecule is Cc1nc(Oc2ccc(NC(=O)c3cccc(OC(F)(F)F)c3)cc2)cc(-n2cnc(C)c2C)n1. The van der Waals surface area contributed by atoms with Crippen LogP contribution in [-0.2, 0) is 0 Å². The van der Waals surface area contributed by atoms with Crippen molar-refractivity contribution < 1.29 is 27.4 Å². The van der Waals surface area contributed by atoms with Crippen molar-refractivity contribution in [3.8, 4) is 23.2 Å². The fourth-order valence-corrected chi connectivity index (χ4v) is 3.20. The number of carbonyl (C=O) groups excluding carboxylic acids is 1. The van der Waals surface area contributed by atoms with Crippen LogP contribution in [0.4, 0.5) is 18.9 Å². The van der Waals surface area contributed by atoms with Crippen molar-refractivity contribution in [2.24, 2.45) is 0 Å². The topological polar surface area (TPSA) is 91.2 Å². The smallest absolute Gasteiger partial charge is 0.439 e. The molecular weight excluding hydrogens is 463 g/mol. The monoisotopic (exact) mass is 483 g/mol. The standard InChI is InChI=1S/C24H20F3N5O3/c1-14-15(2)32(13-28-14)21-12-22(30-16(3)29-21)34-19-9-7-18(8-10-19)31-23(33)17-5-4-6-20(11-17)35-24(25,26)27/h4-13H,1-3H3,(H,31,33). The van der Waals surface area contributed by atoms with Crippen molar-refractivity contribution in [2.45, 2.75) is 27.1 Å². The summed E-state index contributed by atoms with van der Waals surface area (Å²) in [5.41, 5.74) is 2.28. The second-order valence-electron chi connectivity index (χ2n) is 7.55. The van der Waals surface area contributed by atoms with Crippen LogP contribution in [0.3, 0.4) is 0 Å². The normalized spacial score (nSPS) is 11.3. The fourth-order valence-electron chi connectivity index (χ4n) is 3.20. The van der Waals surface area contributed by atoms with E-state index in [1.165, 1.54) is 12.1 Å². The quantitative estimate of drug-likeness (QED) is 0.388. The van der Waals surface area contributed by atoms with Gasteiger partial charge in [0.1, 0.15) is 29.5 Å². The summed E-state index contributed by atoms with van der Waals surface area (Å²) in [6.07, 6.45) is -3.16. The lowest BCUT2D eigenvalue weighted by molar-refractivity contribution is -0.274. The highest BCUT2D eigenvalue weighted by molar-refractivity contribution is 6.04. The summed E-state index contributed by atoms with van der Waals surface area (Å²) in [7, 11) is 0. The summed E-state index contributed by atoms with van der Waals surface area (Å²) in [5.74, 6) is 0.862. The number of nitrogens with one attached hydrogen (secondary N) is 1. The van der Waals surface area contributed by atoms with Gasteiger partial charge in [-0.2, -0.15) is 4.98 Å². The van der Waals surface area contributed by atoms with Gasteiger partial charge in [0, 0.05) is 23.0 Å². The van der Waals surface area contributed by atoms with E-state index in [1.807, 2.05) is 18.4 Å². The number of rotatable bonds is 6. The molecule has 0 radical (unpaired) electrons. The van der Waals surface area contributed by atoms with Gasteiger partial charge >= 0.3 is 6.36 Å². The first kappa shape index (κ1) is 23.7. The Bertz CT molecular complexity index is 1370. The average molecular weight is 483 g/mol. The van der Waals surface area contributed by atoms with Crippen LogP contribution in [0.15, 0.2) is 60.9 Å². The third kappa shape index (κ3) is 5.94. The van der Waals surface area contributed by atoms with Gasteiger partial charge in [0.25, 0.3) is 5.91 Å². The van der Waals surface area contributed by atoms with Crippen LogP contribution in [0.1, 0.15) is 27.6 Å². The molecule has 0 aliphatic carbocycles. The Morgan fingerprint density at radius 1 is 0.971 bits per heavy atom. The number of amides is 1. The first-order chi connectivity index (χ1) is 16.6. The lowest BCUT2D eigenvalue weighted by Gasteiger charge is -2.11. The van der Waals surface area contributed by atoms with Gasteiger partial charge in [-0.1, -0.05) is 6.07 Å². The number of benzene rings is 2. The Morgan fingerprint density at radius 3 is 2.37 bits per heavy atom. The molecule has 0 unspecified atom stereocenters. The second-order valence-corrected chi connectivity index (χ2v) is 7.55. The molecule has 4 aromatic rings. The number of halogens is 3. The van der Waals surface area contributed by atoms with Gasteiger partial charge in [0.2, 0.25) is 5.88 Å². The molecule has 0 aliphatic heterocycles. The number of aromatic nitrogens is 4. The number of nitrogens with zero attached hydrogens (tertiary/aromatic N) is 4. The van der Waals surface area contributed by atoms with Crippen molar-refractivity contribution in [2.75, 3.05) is 5.32 Å². The zero-order valence-electron chi connectivity index (χ0n) is 18.9. The van der Waals surface area contributed by atoms with Gasteiger partial charge in [-0.15, -0.1) is 13.2 Å². The molecule has 0 aliphatic rings. The predicted octanol–water partition coefficient (Wildman–Crippen LogP) is 5.53. The predicted molar refractivity (Wildman–Crippen MR) is 121 cm³/mol. The van der Waals surface area contributed by atoms with Crippen molar-refractivity contribution in [3.05, 3.63) is 83.7 Å². The first-order valence-corrected chi connectivity index (χ1v) is 10.4. The molecule has 0 bridgehead atoms. The number of imidazole rings is 1. The molecule has 0 fully saturated rings. The molecular formula is C24H20F3N5O3. The lowest BCUT2D eigenvalue weighted by atomic mass is 10.2. The molecule has 2 aromatic carbocycles. The molecule has 4 rings (SSSR count). The molecule has 8 nitrogen and oxygen atoms in total. The summed E-state index contributed by atoms with van der Waals surface area (Å²) >= 11 is 0. The number of aryl methyl sites for hydroxylation is 2. The van der Waals surface area contributed by atoms with Gasteiger partial charge in [-0.05, 0) is 63.2 Å². The minimum Gasteiger partial charge on any atom is -0.439 e. The maximum absolute atomic E-state index is 12.4. The van der Waals surface area contributed by atoms with Crippen LogP contribution in [0.5, 0.6) is 17.4 Å². The van der Waals surface area contributed by atoms with Crippen molar-refractivity contribution in [1.82, 2.24) is 19.5 Å². The number of ether oxygens (including phenoxy) is 2. The Balaban J connectivity index is 1.45. The van der Waals surface area contributed by atoms with Crippen LogP contribution in [0.2, 0.25) is 0 Å². The summed E-state index contributed by atoms with van der Waals surface area (Å²) in [6, 6.07) is 13.0. The van der Waals surface area contributed by atoms with E-state index >= 15 is 0 Å². The van der Waals surface area contributed by atoms with Gasteiger partial charge < -0.3 is 14.8 Å². The molecule has 11 heteroatoms. The Hall–Kier alpha value is -4.41. The molecule has 2 aromatic heterocycles. The average Bonchev–Trinajstić information content (AvgIpc) is 3.12. The molecule has 0 saturated heterocycles. The van der Waals surface area contributed by atoms with E-state index < -0.39 is 18.0 Å². The highest BCUT2D eigenvalue weighted by Crippen LogP contribution is 2.26. The summed E-state index contributed by atoms with van der Waals surface area (Å²) in [6.45, 7) is 5.60. The van der Waals surface area contributed by atoms with Crippen LogP contribution < -0.4 is 14.8 Å². The summed E-state index contributed by atoms with van der Waals surface area (Å²) in [5, 5.41) is 2.62. The Morgan fingerprint density at radius 2 is 1.71 bits per heavy atom. The van der Waals surface area contributed by atoms with Crippen LogP contribution in [-0.4, -0.2) is 31.8 Å². The van der Waals surface area contributed by atoms with E-state index in [1.54, 1.807) is 43.6 Å². The Labute approximate surface area is 198 Å². The highest BCUT2D eigenvalue weighted by Gasteiger charge is 2.31. The minimum absolute atomic E-state index is 0.0149. The molecule has 180 valence electrons. The number of hydrogen-bond acceptors (Lipinski definition) is 6. The van der Waals surface area contributed by atoms with Gasteiger partial charge in [-0.25, -0.2) is 9.97 Å². The van der Waals surface area contributed by atoms with Gasteiger partial charge in [0.05, 0.1) is 5.69 Å². The summed E-state index contributed by atoms with van der Waals surface area (Å²) in [4.78, 5) is 25.5. The van der Waals surface area contributed by atoms with E-state index in [4.69, 9.17) is 4.74 Å². The first-order valence-electron chi connectivity index (χ1n) is 10.4. The van der Waals surface area contributed by atoms with Gasteiger partial charge in [0.15, 0.2) is 0 Å². The molecule has 0 spiro atoms. The lowest BCUT2D eigenvalue weighted by Crippen LogP contribution is -2.18. The van der Waals surface area contributed by atoms with E-state index in [2.05, 4.69) is 25.0 Å². The highest BCUT2D eigenvalue weighted by atomic mass is 19.4. The molecule has 2 heterocycles. The minimum atomic E-state index is -4.84. The third-order valence-electron chi connectivity index (χ3n) is 4.96. The maximum Gasteiger partial charge on any atom is 0.573 e. The molecule has 35 heavy (non-hydrogen) atoms. The largest absolute Gasteiger partial charge is 0.573 e. The molecule has 1 amide bonds. The molecule has 0 atom stereocenters. The van der Waals surface area contributed by atoms with Crippen molar-refractivity contribution in [1.29, 1.82) is 0 Å². The third-order valence-corrected chi connectivity index (χ3v) is 4.96. The number of hydrogen-bond donors (Lipinski definition) is 1. The van der Waals surface area contributed by atoms with E-state index in [9.17, 15) is 18.0 Å². The zero-order valence-corrected chi connectivity index (χ0v) is 18.9. The van der Waals surface area contributed by atoms with E-state index in [0.29, 0.717) is 29.0 Å². The van der Waals surface area contributed by atoms with Crippen molar-refractivity contribution in [3.63, 3.8) is 0 Å².